The van der Waals surface area contributed by atoms with Crippen LogP contribution in [0.2, 0.25) is 0 Å². The Morgan fingerprint density at radius 2 is 2.32 bits per heavy atom. The van der Waals surface area contributed by atoms with Crippen molar-refractivity contribution in [1.82, 2.24) is 0 Å². The van der Waals surface area contributed by atoms with Crippen LogP contribution >= 0.6 is 22.6 Å². The molecule has 104 valence electrons. The van der Waals surface area contributed by atoms with Crippen molar-refractivity contribution in [3.8, 4) is 0 Å². The summed E-state index contributed by atoms with van der Waals surface area (Å²) in [7, 11) is 0. The van der Waals surface area contributed by atoms with Crippen LogP contribution in [0.25, 0.3) is 0 Å². The Hall–Kier alpha value is -0.820. The molecule has 1 aromatic rings. The lowest BCUT2D eigenvalue weighted by atomic mass is 9.87. The lowest BCUT2D eigenvalue weighted by Crippen LogP contribution is -2.32. The lowest BCUT2D eigenvalue weighted by molar-refractivity contribution is 0.0804. The van der Waals surface area contributed by atoms with E-state index < -0.39 is 17.6 Å². The minimum atomic E-state index is -0.776. The maximum atomic E-state index is 11.0. The number of carbonyl (C=O) groups excluding carboxylic acids is 1. The first-order chi connectivity index (χ1) is 9.02. The summed E-state index contributed by atoms with van der Waals surface area (Å²) in [5.41, 5.74) is 5.66. The van der Waals surface area contributed by atoms with Crippen molar-refractivity contribution >= 4 is 28.7 Å². The van der Waals surface area contributed by atoms with E-state index in [1.807, 2.05) is 31.2 Å². The minimum Gasteiger partial charge on any atom is -0.445 e. The van der Waals surface area contributed by atoms with Gasteiger partial charge in [-0.25, -0.2) is 4.79 Å². The van der Waals surface area contributed by atoms with E-state index in [0.29, 0.717) is 12.8 Å². The molecule has 0 heterocycles. The molecule has 4 nitrogen and oxygen atoms in total. The van der Waals surface area contributed by atoms with Gasteiger partial charge in [0.05, 0.1) is 11.5 Å². The number of aliphatic hydroxyl groups excluding tert-OH is 1. The topological polar surface area (TPSA) is 72.6 Å². The number of hydrogen-bond donors (Lipinski definition) is 2. The predicted octanol–water partition coefficient (Wildman–Crippen LogP) is 2.56. The van der Waals surface area contributed by atoms with E-state index >= 15 is 0 Å². The highest BCUT2D eigenvalue weighted by molar-refractivity contribution is 14.1. The first-order valence-electron chi connectivity index (χ1n) is 6.41. The minimum absolute atomic E-state index is 0.317. The van der Waals surface area contributed by atoms with Gasteiger partial charge < -0.3 is 15.6 Å². The summed E-state index contributed by atoms with van der Waals surface area (Å²) in [6.45, 7) is 2.03. The van der Waals surface area contributed by atoms with Gasteiger partial charge >= 0.3 is 6.09 Å². The molecule has 0 spiro atoms. The van der Waals surface area contributed by atoms with Crippen molar-refractivity contribution in [3.05, 3.63) is 33.4 Å². The van der Waals surface area contributed by atoms with Crippen LogP contribution in [-0.4, -0.2) is 23.4 Å². The Kier molecular flexibility index (Phi) is 4.35. The van der Waals surface area contributed by atoms with Gasteiger partial charge in [0.15, 0.2) is 0 Å². The van der Waals surface area contributed by atoms with Crippen LogP contribution in [0.5, 0.6) is 0 Å². The molecule has 1 aliphatic rings. The average molecular weight is 375 g/mol. The summed E-state index contributed by atoms with van der Waals surface area (Å²) >= 11 is 2.25. The summed E-state index contributed by atoms with van der Waals surface area (Å²) in [5, 5.41) is 10.5. The molecule has 1 aliphatic carbocycles. The van der Waals surface area contributed by atoms with Crippen molar-refractivity contribution < 1.29 is 14.6 Å². The van der Waals surface area contributed by atoms with Crippen molar-refractivity contribution in [2.75, 3.05) is 0 Å². The summed E-state index contributed by atoms with van der Waals surface area (Å²) in [5.74, 6) is 0. The molecule has 0 aliphatic heterocycles. The van der Waals surface area contributed by atoms with E-state index in [1.165, 1.54) is 0 Å². The monoisotopic (exact) mass is 375 g/mol. The van der Waals surface area contributed by atoms with Crippen molar-refractivity contribution in [3.63, 3.8) is 0 Å². The van der Waals surface area contributed by atoms with Gasteiger partial charge in [-0.2, -0.15) is 0 Å². The van der Waals surface area contributed by atoms with Crippen LogP contribution in [0.1, 0.15) is 31.7 Å². The van der Waals surface area contributed by atoms with Gasteiger partial charge in [-0.05, 0) is 40.6 Å². The summed E-state index contributed by atoms with van der Waals surface area (Å²) in [4.78, 5) is 11.0. The third kappa shape index (κ3) is 2.72. The van der Waals surface area contributed by atoms with Crippen LogP contribution in [0, 0.1) is 3.57 Å². The van der Waals surface area contributed by atoms with Gasteiger partial charge in [-0.15, -0.1) is 0 Å². The lowest BCUT2D eigenvalue weighted by Gasteiger charge is -2.24. The van der Waals surface area contributed by atoms with Crippen LogP contribution in [0.15, 0.2) is 24.3 Å². The van der Waals surface area contributed by atoms with Gasteiger partial charge in [-0.1, -0.05) is 31.5 Å². The molecule has 3 atom stereocenters. The van der Waals surface area contributed by atoms with E-state index in [1.54, 1.807) is 0 Å². The number of halogens is 1. The Morgan fingerprint density at radius 1 is 1.63 bits per heavy atom. The number of primary amides is 1. The van der Waals surface area contributed by atoms with Crippen molar-refractivity contribution in [2.24, 2.45) is 5.73 Å². The number of ether oxygens (including phenoxy) is 1. The van der Waals surface area contributed by atoms with Gasteiger partial charge in [0.1, 0.15) is 6.10 Å². The number of hydrogen-bond acceptors (Lipinski definition) is 3. The van der Waals surface area contributed by atoms with E-state index in [0.717, 1.165) is 15.6 Å². The predicted molar refractivity (Wildman–Crippen MR) is 80.8 cm³/mol. The molecule has 1 amide bonds. The average Bonchev–Trinajstić information content (AvgIpc) is 3.04. The fourth-order valence-electron chi connectivity index (χ4n) is 2.72. The third-order valence-electron chi connectivity index (χ3n) is 3.73. The fraction of sp³-hybridized carbons (Fsp3) is 0.500. The molecular formula is C14H18INO3. The smallest absolute Gasteiger partial charge is 0.404 e. The molecule has 1 aromatic carbocycles. The number of rotatable bonds is 5. The Bertz CT molecular complexity index is 480. The number of carbonyl (C=O) groups is 1. The molecule has 0 saturated heterocycles. The van der Waals surface area contributed by atoms with Gasteiger partial charge in [-0.3, -0.25) is 0 Å². The zero-order valence-corrected chi connectivity index (χ0v) is 13.0. The second-order valence-electron chi connectivity index (χ2n) is 4.95. The molecule has 5 heteroatoms. The summed E-state index contributed by atoms with van der Waals surface area (Å²) < 4.78 is 6.20. The Balaban J connectivity index is 2.32. The molecule has 2 rings (SSSR count). The fourth-order valence-corrected chi connectivity index (χ4v) is 3.61. The Labute approximate surface area is 126 Å². The second kappa shape index (κ2) is 5.66. The van der Waals surface area contributed by atoms with Crippen LogP contribution < -0.4 is 5.73 Å². The van der Waals surface area contributed by atoms with E-state index in [9.17, 15) is 9.90 Å². The van der Waals surface area contributed by atoms with Gasteiger partial charge in [0.2, 0.25) is 0 Å². The van der Waals surface area contributed by atoms with E-state index in [-0.39, 0.29) is 6.10 Å². The van der Waals surface area contributed by atoms with Gasteiger partial charge in [0, 0.05) is 9.99 Å². The zero-order valence-electron chi connectivity index (χ0n) is 10.8. The van der Waals surface area contributed by atoms with Crippen LogP contribution in [0.3, 0.4) is 0 Å². The van der Waals surface area contributed by atoms with E-state index in [2.05, 4.69) is 22.6 Å². The van der Waals surface area contributed by atoms with Crippen LogP contribution in [0.4, 0.5) is 4.79 Å². The number of aliphatic hydroxyl groups is 1. The molecular weight excluding hydrogens is 357 g/mol. The first-order valence-corrected chi connectivity index (χ1v) is 7.49. The molecule has 0 radical (unpaired) electrons. The molecule has 0 bridgehead atoms. The zero-order chi connectivity index (χ0) is 14.0. The van der Waals surface area contributed by atoms with Crippen molar-refractivity contribution in [1.29, 1.82) is 0 Å². The highest BCUT2D eigenvalue weighted by Gasteiger charge is 2.63. The summed E-state index contributed by atoms with van der Waals surface area (Å²) in [6, 6.07) is 7.88. The normalized spacial score (nSPS) is 26.8. The molecule has 1 saturated carbocycles. The number of nitrogens with two attached hydrogens (primary N) is 1. The Morgan fingerprint density at radius 3 is 2.89 bits per heavy atom. The second-order valence-corrected chi connectivity index (χ2v) is 6.12. The highest BCUT2D eigenvalue weighted by atomic mass is 127. The first kappa shape index (κ1) is 14.6. The van der Waals surface area contributed by atoms with Crippen molar-refractivity contribution in [2.45, 2.75) is 43.8 Å². The largest absolute Gasteiger partial charge is 0.445 e. The molecule has 19 heavy (non-hydrogen) atoms. The number of benzene rings is 1. The maximum Gasteiger partial charge on any atom is 0.404 e. The molecule has 1 unspecified atom stereocenters. The summed E-state index contributed by atoms with van der Waals surface area (Å²) in [6.07, 6.45) is 0.595. The quantitative estimate of drug-likeness (QED) is 0.777. The number of amides is 1. The molecule has 3 N–H and O–H groups in total. The van der Waals surface area contributed by atoms with Crippen LogP contribution in [-0.2, 0) is 10.2 Å². The third-order valence-corrected chi connectivity index (χ3v) is 4.67. The van der Waals surface area contributed by atoms with Gasteiger partial charge in [0.25, 0.3) is 0 Å². The standard InChI is InChI=1S/C14H18INO3/c1-2-5-11(17)14(8-12(14)19-13(16)18)9-6-3-4-7-10(9)15/h3-4,6-7,11-12,17H,2,5,8H2,1H3,(H2,16,18)/t11?,12-,14-/m0/s1. The maximum absolute atomic E-state index is 11.0. The molecule has 1 fully saturated rings. The molecule has 0 aromatic heterocycles. The van der Waals surface area contributed by atoms with E-state index in [4.69, 9.17) is 10.5 Å². The SMILES string of the molecule is CCCC(O)[C@@]1(c2ccccc2I)C[C@@H]1OC(N)=O. The highest BCUT2D eigenvalue weighted by Crippen LogP contribution is 2.55.